The molecular weight excluding hydrogens is 414 g/mol. The van der Waals surface area contributed by atoms with Gasteiger partial charge in [-0.25, -0.2) is 9.79 Å². The third-order valence-corrected chi connectivity index (χ3v) is 5.22. The third-order valence-electron chi connectivity index (χ3n) is 3.95. The number of thioether (sulfide) groups is 1. The van der Waals surface area contributed by atoms with E-state index in [4.69, 9.17) is 21.1 Å². The van der Waals surface area contributed by atoms with Crippen molar-refractivity contribution >= 4 is 46.1 Å². The Kier molecular flexibility index (Phi) is 6.51. The number of halogens is 1. The molecule has 0 amide bonds. The number of aliphatic imine (C=N–C) groups is 1. The highest BCUT2D eigenvalue weighted by Crippen LogP contribution is 2.41. The van der Waals surface area contributed by atoms with Crippen LogP contribution in [0, 0.1) is 0 Å². The van der Waals surface area contributed by atoms with Crippen LogP contribution >= 0.6 is 23.4 Å². The van der Waals surface area contributed by atoms with Gasteiger partial charge in [-0.3, -0.25) is 0 Å². The van der Waals surface area contributed by atoms with Crippen LogP contribution in [0.5, 0.6) is 11.5 Å². The van der Waals surface area contributed by atoms with E-state index < -0.39 is 5.97 Å². The van der Waals surface area contributed by atoms with Crippen LogP contribution < -0.4 is 4.74 Å². The zero-order valence-electron chi connectivity index (χ0n) is 15.7. The highest BCUT2D eigenvalue weighted by Gasteiger charge is 2.33. The van der Waals surface area contributed by atoms with Crippen LogP contribution in [0.2, 0.25) is 5.02 Å². The lowest BCUT2D eigenvalue weighted by atomic mass is 10.1. The van der Waals surface area contributed by atoms with Gasteiger partial charge in [0, 0.05) is 10.6 Å². The molecule has 0 saturated heterocycles. The molecule has 0 saturated carbocycles. The smallest absolute Gasteiger partial charge is 0.344 e. The molecule has 2 aromatic rings. The maximum absolute atomic E-state index is 12.4. The minimum absolute atomic E-state index is 0.00692. The molecule has 0 unspecified atom stereocenters. The number of phenolic OH excluding ortho intramolecular Hbond substituents is 1. The number of aromatic hydroxyl groups is 1. The van der Waals surface area contributed by atoms with E-state index in [2.05, 4.69) is 4.99 Å². The summed E-state index contributed by atoms with van der Waals surface area (Å²) in [5.74, 6) is -0.388. The molecule has 3 rings (SSSR count). The van der Waals surface area contributed by atoms with Gasteiger partial charge in [-0.1, -0.05) is 23.4 Å². The molecular formula is C21H18ClNO5S. The molecule has 2 aromatic carbocycles. The second kappa shape index (κ2) is 9.07. The number of nitrogens with zero attached hydrogens (tertiary/aromatic N) is 1. The lowest BCUT2D eigenvalue weighted by Gasteiger charge is -2.04. The summed E-state index contributed by atoms with van der Waals surface area (Å²) in [5, 5.41) is 21.7. The summed E-state index contributed by atoms with van der Waals surface area (Å²) in [6, 6.07) is 11.5. The number of ether oxygens (including phenoxy) is 2. The van der Waals surface area contributed by atoms with Crippen LogP contribution in [0.25, 0.3) is 6.08 Å². The maximum Gasteiger partial charge on any atom is 0.344 e. The predicted octanol–water partition coefficient (Wildman–Crippen LogP) is 5.25. The Morgan fingerprint density at radius 2 is 1.93 bits per heavy atom. The van der Waals surface area contributed by atoms with Crippen molar-refractivity contribution in [3.8, 4) is 11.5 Å². The van der Waals surface area contributed by atoms with Gasteiger partial charge >= 0.3 is 5.97 Å². The number of rotatable bonds is 5. The fraction of sp³-hybridized carbons (Fsp3) is 0.143. The largest absolute Gasteiger partial charge is 0.507 e. The topological polar surface area (TPSA) is 88.4 Å². The normalized spacial score (nSPS) is 16.5. The molecule has 29 heavy (non-hydrogen) atoms. The summed E-state index contributed by atoms with van der Waals surface area (Å²) >= 11 is 7.00. The molecule has 6 nitrogen and oxygen atoms in total. The van der Waals surface area contributed by atoms with Gasteiger partial charge in [-0.15, -0.1) is 0 Å². The molecule has 1 aliphatic heterocycles. The van der Waals surface area contributed by atoms with E-state index in [1.54, 1.807) is 49.4 Å². The van der Waals surface area contributed by atoms with E-state index >= 15 is 0 Å². The summed E-state index contributed by atoms with van der Waals surface area (Å²) < 4.78 is 10.2. The average Bonchev–Trinajstić information content (AvgIpc) is 3.00. The molecule has 0 atom stereocenters. The van der Waals surface area contributed by atoms with Crippen molar-refractivity contribution in [2.75, 3.05) is 13.7 Å². The Hall–Kier alpha value is -2.90. The quantitative estimate of drug-likeness (QED) is 0.629. The van der Waals surface area contributed by atoms with Crippen LogP contribution in [0.4, 0.5) is 5.69 Å². The zero-order valence-corrected chi connectivity index (χ0v) is 17.3. The Morgan fingerprint density at radius 3 is 2.59 bits per heavy atom. The number of carbonyl (C=O) groups excluding carboxylic acids is 1. The summed E-state index contributed by atoms with van der Waals surface area (Å²) in [6.45, 7) is 1.84. The van der Waals surface area contributed by atoms with Crippen LogP contribution in [0.1, 0.15) is 12.5 Å². The monoisotopic (exact) mass is 431 g/mol. The molecule has 2 N–H and O–H groups in total. The van der Waals surface area contributed by atoms with Crippen molar-refractivity contribution in [3.63, 3.8) is 0 Å². The first-order chi connectivity index (χ1) is 13.9. The Balaban J connectivity index is 2.06. The molecule has 150 valence electrons. The molecule has 0 radical (unpaired) electrons. The number of esters is 1. The molecule has 0 spiro atoms. The van der Waals surface area contributed by atoms with Gasteiger partial charge in [0.25, 0.3) is 0 Å². The first-order valence-corrected chi connectivity index (χ1v) is 9.84. The van der Waals surface area contributed by atoms with E-state index in [1.165, 1.54) is 13.2 Å². The Labute approximate surface area is 177 Å². The van der Waals surface area contributed by atoms with Crippen molar-refractivity contribution in [1.29, 1.82) is 0 Å². The van der Waals surface area contributed by atoms with Gasteiger partial charge < -0.3 is 19.7 Å². The van der Waals surface area contributed by atoms with Gasteiger partial charge in [-0.2, -0.15) is 0 Å². The van der Waals surface area contributed by atoms with Crippen molar-refractivity contribution < 1.29 is 24.5 Å². The minimum atomic E-state index is -0.677. The van der Waals surface area contributed by atoms with Gasteiger partial charge in [0.1, 0.15) is 27.9 Å². The standard InChI is InChI=1S/C21H18ClNO5S/c1-3-28-21(26)18-19(25)17(11-12-10-15(27-2)8-9-16(12)24)29-20(18)23-14-6-4-13(22)5-7-14/h4-11,24-25H,3H2,1-2H3. The molecule has 0 fully saturated rings. The molecule has 0 aromatic heterocycles. The van der Waals surface area contributed by atoms with Crippen molar-refractivity contribution in [2.45, 2.75) is 6.92 Å². The third kappa shape index (κ3) is 4.75. The molecule has 1 heterocycles. The van der Waals surface area contributed by atoms with Gasteiger partial charge in [0.15, 0.2) is 0 Å². The van der Waals surface area contributed by atoms with Crippen LogP contribution in [0.3, 0.4) is 0 Å². The molecule has 0 aliphatic carbocycles. The number of carbonyl (C=O) groups is 1. The van der Waals surface area contributed by atoms with E-state index in [0.29, 0.717) is 26.9 Å². The first-order valence-electron chi connectivity index (χ1n) is 8.64. The second-order valence-corrected chi connectivity index (χ2v) is 7.34. The zero-order chi connectivity index (χ0) is 21.0. The van der Waals surface area contributed by atoms with Crippen molar-refractivity contribution in [1.82, 2.24) is 0 Å². The molecule has 1 aliphatic rings. The summed E-state index contributed by atoms with van der Waals surface area (Å²) in [5.41, 5.74) is 0.965. The number of aliphatic hydroxyl groups excluding tert-OH is 1. The summed E-state index contributed by atoms with van der Waals surface area (Å²) in [6.07, 6.45) is 1.56. The summed E-state index contributed by atoms with van der Waals surface area (Å²) in [7, 11) is 1.51. The molecule has 8 heteroatoms. The fourth-order valence-corrected chi connectivity index (χ4v) is 3.69. The second-order valence-electron chi connectivity index (χ2n) is 5.87. The van der Waals surface area contributed by atoms with Crippen LogP contribution in [-0.2, 0) is 9.53 Å². The van der Waals surface area contributed by atoms with Crippen molar-refractivity contribution in [2.24, 2.45) is 4.99 Å². The minimum Gasteiger partial charge on any atom is -0.507 e. The Morgan fingerprint density at radius 1 is 1.21 bits per heavy atom. The first kappa shape index (κ1) is 20.8. The fourth-order valence-electron chi connectivity index (χ4n) is 2.54. The number of methoxy groups -OCH3 is 1. The lowest BCUT2D eigenvalue weighted by Crippen LogP contribution is -2.12. The van der Waals surface area contributed by atoms with Crippen LogP contribution in [-0.4, -0.2) is 34.9 Å². The highest BCUT2D eigenvalue weighted by atomic mass is 35.5. The van der Waals surface area contributed by atoms with Gasteiger partial charge in [0.05, 0.1) is 24.3 Å². The lowest BCUT2D eigenvalue weighted by molar-refractivity contribution is -0.138. The SMILES string of the molecule is CCOC(=O)C1=C(O)C(=Cc2cc(OC)ccc2O)SC1=Nc1ccc(Cl)cc1. The highest BCUT2D eigenvalue weighted by molar-refractivity contribution is 8.18. The Bertz CT molecular complexity index is 1030. The predicted molar refractivity (Wildman–Crippen MR) is 115 cm³/mol. The van der Waals surface area contributed by atoms with Crippen molar-refractivity contribution in [3.05, 3.63) is 69.3 Å². The summed E-state index contributed by atoms with van der Waals surface area (Å²) in [4.78, 5) is 17.2. The maximum atomic E-state index is 12.4. The van der Waals surface area contributed by atoms with E-state index in [0.717, 1.165) is 11.8 Å². The number of phenols is 1. The van der Waals surface area contributed by atoms with E-state index in [9.17, 15) is 15.0 Å². The van der Waals surface area contributed by atoms with E-state index in [1.807, 2.05) is 0 Å². The molecule has 0 bridgehead atoms. The number of hydrogen-bond acceptors (Lipinski definition) is 7. The van der Waals surface area contributed by atoms with Gasteiger partial charge in [0.2, 0.25) is 0 Å². The number of hydrogen-bond donors (Lipinski definition) is 2. The van der Waals surface area contributed by atoms with Gasteiger partial charge in [-0.05, 0) is 55.5 Å². The van der Waals surface area contributed by atoms with Crippen LogP contribution in [0.15, 0.2) is 63.7 Å². The number of aliphatic hydroxyl groups is 1. The average molecular weight is 432 g/mol. The number of benzene rings is 2. The van der Waals surface area contributed by atoms with E-state index in [-0.39, 0.29) is 28.7 Å².